The molecule has 2 fully saturated rings. The van der Waals surface area contributed by atoms with Crippen LogP contribution >= 0.6 is 11.3 Å². The molecule has 0 amide bonds. The first kappa shape index (κ1) is 28.9. The highest BCUT2D eigenvalue weighted by Gasteiger charge is 2.53. The highest BCUT2D eigenvalue weighted by atomic mass is 32.1. The number of ether oxygens (including phenoxy) is 2. The Hall–Kier alpha value is -2.13. The summed E-state index contributed by atoms with van der Waals surface area (Å²) in [4.78, 5) is 31.3. The molecule has 1 aromatic heterocycles. The fourth-order valence-corrected chi connectivity index (χ4v) is 6.51. The molecule has 0 radical (unpaired) electrons. The summed E-state index contributed by atoms with van der Waals surface area (Å²) < 4.78 is 13.2. The summed E-state index contributed by atoms with van der Waals surface area (Å²) >= 11 is 1.61. The number of fused-ring (bicyclic) bond motifs is 2. The molecule has 0 aliphatic carbocycles. The average molecular weight is 544 g/mol. The molecular formula is C30H41NO6S. The van der Waals surface area contributed by atoms with E-state index in [0.29, 0.717) is 12.8 Å². The molecule has 0 saturated carbocycles. The van der Waals surface area contributed by atoms with E-state index in [9.17, 15) is 19.8 Å². The largest absolute Gasteiger partial charge is 0.457 e. The maximum absolute atomic E-state index is 13.6. The number of thiazole rings is 1. The summed E-state index contributed by atoms with van der Waals surface area (Å²) in [5.41, 5.74) is 0.115. The van der Waals surface area contributed by atoms with Crippen LogP contribution in [0.1, 0.15) is 82.9 Å². The molecule has 0 spiro atoms. The van der Waals surface area contributed by atoms with Crippen LogP contribution in [0.3, 0.4) is 0 Å². The summed E-state index contributed by atoms with van der Waals surface area (Å²) in [6.07, 6.45) is 1.71. The zero-order chi connectivity index (χ0) is 27.8. The second-order valence-corrected chi connectivity index (χ2v) is 13.1. The van der Waals surface area contributed by atoms with Crippen molar-refractivity contribution in [2.24, 2.45) is 17.3 Å². The van der Waals surface area contributed by atoms with Crippen LogP contribution in [0.2, 0.25) is 0 Å². The van der Waals surface area contributed by atoms with E-state index in [-0.39, 0.29) is 29.8 Å². The van der Waals surface area contributed by atoms with Gasteiger partial charge in [-0.2, -0.15) is 0 Å². The number of allylic oxidation sites excluding steroid dienone is 1. The standard InChI is InChI=1S/C30H41NO6S/c1-7-9-20-27(34)17(2)10-8-13-30(6)25(37-30)15-22(19-11-12-23-21(14-19)31-18(3)38-23)36-26(33)16-24(32)29(4,5)28(20)35/h7,11-12,14,17,20,22,24-25,27,32,34H,1,8-10,13,15-16H2,2-6H3/t17?,20-,22+,24+,25?,27+,30?/m1/s1. The maximum Gasteiger partial charge on any atom is 0.309 e. The Kier molecular flexibility index (Phi) is 8.48. The molecule has 7 atom stereocenters. The van der Waals surface area contributed by atoms with Crippen molar-refractivity contribution in [3.05, 3.63) is 41.4 Å². The number of benzene rings is 1. The molecule has 38 heavy (non-hydrogen) atoms. The summed E-state index contributed by atoms with van der Waals surface area (Å²) in [7, 11) is 0. The Labute approximate surface area is 229 Å². The van der Waals surface area contributed by atoms with Crippen molar-refractivity contribution >= 4 is 33.3 Å². The average Bonchev–Trinajstić information content (AvgIpc) is 3.32. The maximum atomic E-state index is 13.6. The number of hydrogen-bond donors (Lipinski definition) is 2. The van der Waals surface area contributed by atoms with Gasteiger partial charge in [0.25, 0.3) is 0 Å². The molecule has 2 N–H and O–H groups in total. The van der Waals surface area contributed by atoms with Crippen LogP contribution < -0.4 is 0 Å². The second kappa shape index (κ2) is 11.2. The SMILES string of the molecule is C=CC[C@H]1C(=O)C(C)(C)[C@@H](O)CC(=O)O[C@H](c2ccc3sc(C)nc3c2)CC2OC2(C)CCCC(C)[C@@H]1O. The Balaban J connectivity index is 1.63. The van der Waals surface area contributed by atoms with Crippen LogP contribution in [0.5, 0.6) is 0 Å². The summed E-state index contributed by atoms with van der Waals surface area (Å²) in [5.74, 6) is -1.68. The highest BCUT2D eigenvalue weighted by molar-refractivity contribution is 7.18. The van der Waals surface area contributed by atoms with Crippen LogP contribution in [-0.2, 0) is 19.1 Å². The molecule has 7 nitrogen and oxygen atoms in total. The predicted molar refractivity (Wildman–Crippen MR) is 148 cm³/mol. The molecule has 208 valence electrons. The summed E-state index contributed by atoms with van der Waals surface area (Å²) in [6, 6.07) is 5.92. The van der Waals surface area contributed by atoms with Crippen molar-refractivity contribution in [1.29, 1.82) is 0 Å². The van der Waals surface area contributed by atoms with Gasteiger partial charge in [-0.15, -0.1) is 17.9 Å². The molecule has 0 bridgehead atoms. The zero-order valence-electron chi connectivity index (χ0n) is 23.1. The van der Waals surface area contributed by atoms with E-state index in [1.807, 2.05) is 32.0 Å². The van der Waals surface area contributed by atoms with Gasteiger partial charge in [0.2, 0.25) is 0 Å². The van der Waals surface area contributed by atoms with Crippen LogP contribution in [0.25, 0.3) is 10.2 Å². The van der Waals surface area contributed by atoms with Gasteiger partial charge in [-0.25, -0.2) is 4.98 Å². The Morgan fingerprint density at radius 1 is 1.24 bits per heavy atom. The van der Waals surface area contributed by atoms with Gasteiger partial charge < -0.3 is 19.7 Å². The van der Waals surface area contributed by atoms with E-state index in [4.69, 9.17) is 9.47 Å². The number of aromatic nitrogens is 1. The molecule has 2 aromatic rings. The lowest BCUT2D eigenvalue weighted by molar-refractivity contribution is -0.156. The van der Waals surface area contributed by atoms with Crippen molar-refractivity contribution in [2.45, 2.75) is 103 Å². The third-order valence-corrected chi connectivity index (χ3v) is 9.49. The number of carbonyl (C=O) groups is 2. The normalized spacial score (nSPS) is 34.9. The van der Waals surface area contributed by atoms with Crippen molar-refractivity contribution in [3.8, 4) is 0 Å². The van der Waals surface area contributed by atoms with Crippen LogP contribution in [-0.4, -0.2) is 50.9 Å². The number of Topliss-reactive ketones (excluding diaryl/α,β-unsaturated/α-hetero) is 1. The Bertz CT molecular complexity index is 1190. The number of epoxide rings is 1. The second-order valence-electron chi connectivity index (χ2n) is 11.9. The number of nitrogens with zero attached hydrogens (tertiary/aromatic N) is 1. The molecule has 4 rings (SSSR count). The molecule has 2 aliphatic rings. The van der Waals surface area contributed by atoms with Gasteiger partial charge in [0.15, 0.2) is 0 Å². The van der Waals surface area contributed by atoms with E-state index >= 15 is 0 Å². The monoisotopic (exact) mass is 543 g/mol. The lowest BCUT2D eigenvalue weighted by Crippen LogP contribution is -2.46. The third kappa shape index (κ3) is 6.03. The molecule has 2 aliphatic heterocycles. The topological polar surface area (TPSA) is 109 Å². The van der Waals surface area contributed by atoms with Gasteiger partial charge >= 0.3 is 5.97 Å². The minimum atomic E-state index is -1.27. The molecule has 2 saturated heterocycles. The number of hydrogen-bond acceptors (Lipinski definition) is 8. The number of aliphatic hydroxyl groups is 2. The number of rotatable bonds is 3. The van der Waals surface area contributed by atoms with E-state index < -0.39 is 35.6 Å². The minimum absolute atomic E-state index is 0.0715. The van der Waals surface area contributed by atoms with Crippen molar-refractivity contribution in [2.75, 3.05) is 0 Å². The van der Waals surface area contributed by atoms with Gasteiger partial charge in [-0.05, 0) is 56.7 Å². The van der Waals surface area contributed by atoms with E-state index in [1.54, 1.807) is 31.3 Å². The van der Waals surface area contributed by atoms with Crippen LogP contribution in [0.4, 0.5) is 0 Å². The first-order chi connectivity index (χ1) is 17.9. The lowest BCUT2D eigenvalue weighted by atomic mass is 9.71. The number of ketones is 1. The number of carbonyl (C=O) groups excluding carboxylic acids is 2. The first-order valence-electron chi connectivity index (χ1n) is 13.6. The van der Waals surface area contributed by atoms with Crippen molar-refractivity contribution in [1.82, 2.24) is 4.98 Å². The quantitative estimate of drug-likeness (QED) is 0.301. The van der Waals surface area contributed by atoms with E-state index in [0.717, 1.165) is 40.1 Å². The molecular weight excluding hydrogens is 502 g/mol. The van der Waals surface area contributed by atoms with Gasteiger partial charge in [0.1, 0.15) is 11.9 Å². The highest BCUT2D eigenvalue weighted by Crippen LogP contribution is 2.47. The van der Waals surface area contributed by atoms with Crippen molar-refractivity contribution < 1.29 is 29.3 Å². The summed E-state index contributed by atoms with van der Waals surface area (Å²) in [5, 5.41) is 23.2. The molecule has 3 unspecified atom stereocenters. The van der Waals surface area contributed by atoms with Gasteiger partial charge in [-0.1, -0.05) is 39.3 Å². The number of aliphatic hydroxyl groups excluding tert-OH is 2. The number of esters is 1. The zero-order valence-corrected chi connectivity index (χ0v) is 23.9. The number of aryl methyl sites for hydroxylation is 1. The summed E-state index contributed by atoms with van der Waals surface area (Å²) in [6.45, 7) is 13.0. The Morgan fingerprint density at radius 2 is 1.97 bits per heavy atom. The minimum Gasteiger partial charge on any atom is -0.457 e. The van der Waals surface area contributed by atoms with Crippen molar-refractivity contribution in [3.63, 3.8) is 0 Å². The molecule has 3 heterocycles. The van der Waals surface area contributed by atoms with E-state index in [2.05, 4.69) is 18.5 Å². The predicted octanol–water partition coefficient (Wildman–Crippen LogP) is 5.46. The Morgan fingerprint density at radius 3 is 2.68 bits per heavy atom. The number of cyclic esters (lactones) is 1. The first-order valence-corrected chi connectivity index (χ1v) is 14.4. The third-order valence-electron chi connectivity index (χ3n) is 8.54. The molecule has 1 aromatic carbocycles. The fourth-order valence-electron chi connectivity index (χ4n) is 5.70. The van der Waals surface area contributed by atoms with Crippen LogP contribution in [0.15, 0.2) is 30.9 Å². The van der Waals surface area contributed by atoms with Gasteiger partial charge in [-0.3, -0.25) is 9.59 Å². The molecule has 8 heteroatoms. The van der Waals surface area contributed by atoms with Gasteiger partial charge in [0.05, 0.1) is 51.0 Å². The smallest absolute Gasteiger partial charge is 0.309 e. The van der Waals surface area contributed by atoms with Gasteiger partial charge in [0, 0.05) is 12.3 Å². The lowest BCUT2D eigenvalue weighted by Gasteiger charge is -2.35. The van der Waals surface area contributed by atoms with E-state index in [1.165, 1.54) is 0 Å². The fraction of sp³-hybridized carbons (Fsp3) is 0.633. The van der Waals surface area contributed by atoms with Crippen LogP contribution in [0, 0.1) is 24.2 Å².